The Morgan fingerprint density at radius 1 is 1.25 bits per heavy atom. The van der Waals surface area contributed by atoms with Crippen LogP contribution in [-0.4, -0.2) is 30.1 Å². The van der Waals surface area contributed by atoms with Gasteiger partial charge in [-0.25, -0.2) is 4.98 Å². The van der Waals surface area contributed by atoms with Crippen molar-refractivity contribution in [3.05, 3.63) is 58.1 Å². The van der Waals surface area contributed by atoms with Crippen LogP contribution in [0.3, 0.4) is 0 Å². The lowest BCUT2D eigenvalue weighted by Gasteiger charge is -2.23. The molecule has 1 saturated heterocycles. The van der Waals surface area contributed by atoms with Gasteiger partial charge < -0.3 is 4.74 Å². The molecule has 0 radical (unpaired) electrons. The van der Waals surface area contributed by atoms with Crippen molar-refractivity contribution in [3.63, 3.8) is 0 Å². The normalized spacial score (nSPS) is 16.6. The predicted octanol–water partition coefficient (Wildman–Crippen LogP) is 5.38. The van der Waals surface area contributed by atoms with Gasteiger partial charge in [-0.3, -0.25) is 9.69 Å². The Bertz CT molecular complexity index is 964. The molecule has 0 N–H and O–H groups in total. The molecule has 4 rings (SSSR count). The number of amides is 1. The molecular formula is C22H23BrN2O2S. The summed E-state index contributed by atoms with van der Waals surface area (Å²) in [5.74, 6) is 0.0675. The summed E-state index contributed by atoms with van der Waals surface area (Å²) < 4.78 is 7.89. The summed E-state index contributed by atoms with van der Waals surface area (Å²) in [4.78, 5) is 19.8. The highest BCUT2D eigenvalue weighted by atomic mass is 79.9. The summed E-state index contributed by atoms with van der Waals surface area (Å²) in [5, 5.41) is 0.749. The van der Waals surface area contributed by atoms with Gasteiger partial charge in [0.15, 0.2) is 5.13 Å². The fourth-order valence-corrected chi connectivity index (χ4v) is 4.99. The number of aryl methyl sites for hydroxylation is 1. The van der Waals surface area contributed by atoms with Gasteiger partial charge in [0.25, 0.3) is 0 Å². The van der Waals surface area contributed by atoms with Gasteiger partial charge in [-0.15, -0.1) is 0 Å². The van der Waals surface area contributed by atoms with Crippen LogP contribution in [-0.2, 0) is 22.4 Å². The zero-order chi connectivity index (χ0) is 19.5. The first-order valence-corrected chi connectivity index (χ1v) is 11.3. The lowest BCUT2D eigenvalue weighted by atomic mass is 10.1. The Balaban J connectivity index is 1.60. The van der Waals surface area contributed by atoms with Gasteiger partial charge in [0.1, 0.15) is 0 Å². The number of carbonyl (C=O) groups excluding carboxylic acids is 1. The average molecular weight is 459 g/mol. The van der Waals surface area contributed by atoms with Crippen molar-refractivity contribution in [1.29, 1.82) is 0 Å². The maximum Gasteiger partial charge on any atom is 0.233 e. The molecule has 4 nitrogen and oxygen atoms in total. The number of benzene rings is 2. The zero-order valence-electron chi connectivity index (χ0n) is 15.9. The van der Waals surface area contributed by atoms with E-state index in [4.69, 9.17) is 9.72 Å². The van der Waals surface area contributed by atoms with Gasteiger partial charge in [0.05, 0.1) is 29.3 Å². The van der Waals surface area contributed by atoms with Crippen LogP contribution in [0.5, 0.6) is 0 Å². The van der Waals surface area contributed by atoms with Crippen LogP contribution in [0.4, 0.5) is 5.13 Å². The SMILES string of the molecule is CCc1ccc(CC(=O)N(CC2CCCO2)c2nc3ccc(Br)cc3s2)cc1. The van der Waals surface area contributed by atoms with Crippen molar-refractivity contribution >= 4 is 48.5 Å². The fourth-order valence-electron chi connectivity index (χ4n) is 3.44. The summed E-state index contributed by atoms with van der Waals surface area (Å²) in [6.07, 6.45) is 3.51. The Kier molecular flexibility index (Phi) is 6.09. The lowest BCUT2D eigenvalue weighted by molar-refractivity contribution is -0.118. The molecule has 0 bridgehead atoms. The molecular weight excluding hydrogens is 436 g/mol. The number of anilines is 1. The van der Waals surface area contributed by atoms with E-state index in [-0.39, 0.29) is 12.0 Å². The van der Waals surface area contributed by atoms with E-state index in [1.807, 2.05) is 17.0 Å². The highest BCUT2D eigenvalue weighted by molar-refractivity contribution is 9.10. The third kappa shape index (κ3) is 4.45. The van der Waals surface area contributed by atoms with E-state index >= 15 is 0 Å². The monoisotopic (exact) mass is 458 g/mol. The van der Waals surface area contributed by atoms with Crippen molar-refractivity contribution in [2.75, 3.05) is 18.1 Å². The summed E-state index contributed by atoms with van der Waals surface area (Å²) in [6.45, 7) is 3.47. The number of thiazole rings is 1. The van der Waals surface area contributed by atoms with Gasteiger partial charge in [-0.1, -0.05) is 58.5 Å². The quantitative estimate of drug-likeness (QED) is 0.498. The maximum absolute atomic E-state index is 13.2. The van der Waals surface area contributed by atoms with Crippen LogP contribution in [0.2, 0.25) is 0 Å². The average Bonchev–Trinajstić information content (AvgIpc) is 3.35. The van der Waals surface area contributed by atoms with Crippen molar-refractivity contribution in [2.24, 2.45) is 0 Å². The largest absolute Gasteiger partial charge is 0.376 e. The maximum atomic E-state index is 13.2. The molecule has 0 saturated carbocycles. The Labute approximate surface area is 177 Å². The van der Waals surface area contributed by atoms with Crippen LogP contribution in [0.15, 0.2) is 46.9 Å². The van der Waals surface area contributed by atoms with Crippen molar-refractivity contribution in [3.8, 4) is 0 Å². The smallest absolute Gasteiger partial charge is 0.233 e. The first-order chi connectivity index (χ1) is 13.6. The van der Waals surface area contributed by atoms with Gasteiger partial charge >= 0.3 is 0 Å². The number of halogens is 1. The first-order valence-electron chi connectivity index (χ1n) is 9.68. The van der Waals surface area contributed by atoms with Crippen LogP contribution < -0.4 is 4.90 Å². The minimum atomic E-state index is 0.0675. The van der Waals surface area contributed by atoms with E-state index in [1.54, 1.807) is 11.3 Å². The highest BCUT2D eigenvalue weighted by Crippen LogP contribution is 2.32. The zero-order valence-corrected chi connectivity index (χ0v) is 18.3. The number of carbonyl (C=O) groups is 1. The summed E-state index contributed by atoms with van der Waals surface area (Å²) in [6, 6.07) is 14.3. The molecule has 1 aliphatic heterocycles. The second-order valence-corrected chi connectivity index (χ2v) is 9.02. The highest BCUT2D eigenvalue weighted by Gasteiger charge is 2.26. The molecule has 1 fully saturated rings. The molecule has 1 aromatic heterocycles. The Morgan fingerprint density at radius 3 is 2.75 bits per heavy atom. The van der Waals surface area contributed by atoms with E-state index in [9.17, 15) is 4.79 Å². The van der Waals surface area contributed by atoms with Crippen molar-refractivity contribution in [1.82, 2.24) is 4.98 Å². The third-order valence-electron chi connectivity index (χ3n) is 5.07. The van der Waals surface area contributed by atoms with E-state index < -0.39 is 0 Å². The van der Waals surface area contributed by atoms with Crippen LogP contribution in [0, 0.1) is 0 Å². The van der Waals surface area contributed by atoms with E-state index in [2.05, 4.69) is 53.2 Å². The molecule has 0 aliphatic carbocycles. The second kappa shape index (κ2) is 8.72. The predicted molar refractivity (Wildman–Crippen MR) is 118 cm³/mol. The summed E-state index contributed by atoms with van der Waals surface area (Å²) >= 11 is 5.07. The number of hydrogen-bond donors (Lipinski definition) is 0. The molecule has 3 aromatic rings. The molecule has 2 aromatic carbocycles. The standard InChI is InChI=1S/C22H23BrN2O2S/c1-2-15-5-7-16(8-6-15)12-21(26)25(14-18-4-3-11-27-18)22-24-19-10-9-17(23)13-20(19)28-22/h5-10,13,18H,2-4,11-12,14H2,1H3. The van der Waals surface area contributed by atoms with Crippen molar-refractivity contribution < 1.29 is 9.53 Å². The van der Waals surface area contributed by atoms with E-state index in [0.29, 0.717) is 13.0 Å². The number of aromatic nitrogens is 1. The van der Waals surface area contributed by atoms with Crippen LogP contribution in [0.1, 0.15) is 30.9 Å². The molecule has 1 amide bonds. The van der Waals surface area contributed by atoms with Crippen molar-refractivity contribution in [2.45, 2.75) is 38.7 Å². The number of nitrogens with zero attached hydrogens (tertiary/aromatic N) is 2. The number of ether oxygens (including phenoxy) is 1. The van der Waals surface area contributed by atoms with Crippen LogP contribution in [0.25, 0.3) is 10.2 Å². The van der Waals surface area contributed by atoms with Crippen LogP contribution >= 0.6 is 27.3 Å². The topological polar surface area (TPSA) is 42.4 Å². The Morgan fingerprint density at radius 2 is 2.04 bits per heavy atom. The number of fused-ring (bicyclic) bond motifs is 1. The lowest BCUT2D eigenvalue weighted by Crippen LogP contribution is -2.38. The molecule has 1 unspecified atom stereocenters. The molecule has 2 heterocycles. The number of rotatable bonds is 6. The molecule has 28 heavy (non-hydrogen) atoms. The number of hydrogen-bond acceptors (Lipinski definition) is 4. The summed E-state index contributed by atoms with van der Waals surface area (Å²) in [7, 11) is 0. The minimum Gasteiger partial charge on any atom is -0.376 e. The molecule has 1 atom stereocenters. The third-order valence-corrected chi connectivity index (χ3v) is 6.60. The second-order valence-electron chi connectivity index (χ2n) is 7.09. The van der Waals surface area contributed by atoms with E-state index in [1.165, 1.54) is 5.56 Å². The first kappa shape index (κ1) is 19.6. The molecule has 146 valence electrons. The molecule has 6 heteroatoms. The molecule has 0 spiro atoms. The minimum absolute atomic E-state index is 0.0675. The van der Waals surface area contributed by atoms with E-state index in [0.717, 1.165) is 51.3 Å². The van der Waals surface area contributed by atoms with Gasteiger partial charge in [-0.05, 0) is 48.6 Å². The Hall–Kier alpha value is -1.76. The van der Waals surface area contributed by atoms with Gasteiger partial charge in [0.2, 0.25) is 5.91 Å². The van der Waals surface area contributed by atoms with Gasteiger partial charge in [0, 0.05) is 11.1 Å². The molecule has 1 aliphatic rings. The van der Waals surface area contributed by atoms with Gasteiger partial charge in [-0.2, -0.15) is 0 Å². The summed E-state index contributed by atoms with van der Waals surface area (Å²) in [5.41, 5.74) is 3.23. The fraction of sp³-hybridized carbons (Fsp3) is 0.364.